The van der Waals surface area contributed by atoms with Crippen molar-refractivity contribution in [1.29, 1.82) is 0 Å². The van der Waals surface area contributed by atoms with Crippen LogP contribution < -0.4 is 0 Å². The third kappa shape index (κ3) is 3.43. The third-order valence-electron chi connectivity index (χ3n) is 4.30. The predicted molar refractivity (Wildman–Crippen MR) is 82.3 cm³/mol. The van der Waals surface area contributed by atoms with Crippen molar-refractivity contribution in [3.63, 3.8) is 0 Å². The van der Waals surface area contributed by atoms with Crippen LogP contribution in [0.5, 0.6) is 0 Å². The van der Waals surface area contributed by atoms with E-state index in [2.05, 4.69) is 15.9 Å². The van der Waals surface area contributed by atoms with Gasteiger partial charge in [0.05, 0.1) is 14.8 Å². The first kappa shape index (κ1) is 15.9. The van der Waals surface area contributed by atoms with Crippen LogP contribution in [0, 0.1) is 15.5 Å². The number of halogens is 1. The van der Waals surface area contributed by atoms with Crippen molar-refractivity contribution >= 4 is 27.6 Å². The van der Waals surface area contributed by atoms with E-state index in [-0.39, 0.29) is 5.69 Å². The third-order valence-corrected chi connectivity index (χ3v) is 5.21. The SMILES string of the molecule is O=C(O)C1(Cc2cccc([N+](=O)[O-])c2Br)CCCCCC1. The van der Waals surface area contributed by atoms with Crippen molar-refractivity contribution < 1.29 is 14.8 Å². The van der Waals surface area contributed by atoms with E-state index in [0.717, 1.165) is 25.7 Å². The molecule has 0 saturated heterocycles. The molecule has 21 heavy (non-hydrogen) atoms. The summed E-state index contributed by atoms with van der Waals surface area (Å²) in [4.78, 5) is 22.4. The van der Waals surface area contributed by atoms with Crippen LogP contribution >= 0.6 is 15.9 Å². The fourth-order valence-corrected chi connectivity index (χ4v) is 3.63. The van der Waals surface area contributed by atoms with E-state index in [1.807, 2.05) is 0 Å². The summed E-state index contributed by atoms with van der Waals surface area (Å²) in [7, 11) is 0. The van der Waals surface area contributed by atoms with Crippen molar-refractivity contribution in [3.05, 3.63) is 38.3 Å². The Morgan fingerprint density at radius 3 is 2.43 bits per heavy atom. The number of hydrogen-bond donors (Lipinski definition) is 1. The minimum absolute atomic E-state index is 0.0124. The molecule has 1 aliphatic carbocycles. The molecule has 1 aliphatic rings. The fourth-order valence-electron chi connectivity index (χ4n) is 3.08. The molecule has 0 atom stereocenters. The molecule has 0 aromatic heterocycles. The maximum absolute atomic E-state index is 11.8. The molecule has 0 bridgehead atoms. The topological polar surface area (TPSA) is 80.4 Å². The molecule has 1 aromatic rings. The number of rotatable bonds is 4. The summed E-state index contributed by atoms with van der Waals surface area (Å²) < 4.78 is 0.403. The zero-order chi connectivity index (χ0) is 15.5. The molecule has 1 saturated carbocycles. The highest BCUT2D eigenvalue weighted by atomic mass is 79.9. The number of nitrogens with zero attached hydrogens (tertiary/aromatic N) is 1. The first-order valence-corrected chi connectivity index (χ1v) is 7.91. The van der Waals surface area contributed by atoms with E-state index in [9.17, 15) is 20.0 Å². The van der Waals surface area contributed by atoms with Gasteiger partial charge < -0.3 is 5.11 Å². The van der Waals surface area contributed by atoms with Gasteiger partial charge in [-0.3, -0.25) is 14.9 Å². The maximum Gasteiger partial charge on any atom is 0.309 e. The van der Waals surface area contributed by atoms with Gasteiger partial charge in [-0.2, -0.15) is 0 Å². The van der Waals surface area contributed by atoms with Gasteiger partial charge in [-0.15, -0.1) is 0 Å². The van der Waals surface area contributed by atoms with Gasteiger partial charge in [-0.25, -0.2) is 0 Å². The van der Waals surface area contributed by atoms with Crippen molar-refractivity contribution in [2.75, 3.05) is 0 Å². The Labute approximate surface area is 131 Å². The molecule has 5 nitrogen and oxygen atoms in total. The molecular weight excluding hydrogens is 338 g/mol. The lowest BCUT2D eigenvalue weighted by molar-refractivity contribution is -0.385. The Kier molecular flexibility index (Phi) is 4.98. The smallest absolute Gasteiger partial charge is 0.309 e. The summed E-state index contributed by atoms with van der Waals surface area (Å²) in [5.41, 5.74) is -0.107. The molecule has 0 heterocycles. The Bertz CT molecular complexity index is 551. The quantitative estimate of drug-likeness (QED) is 0.495. The second kappa shape index (κ2) is 6.56. The molecule has 2 rings (SSSR count). The summed E-state index contributed by atoms with van der Waals surface area (Å²) in [6.07, 6.45) is 5.54. The van der Waals surface area contributed by atoms with E-state index < -0.39 is 16.3 Å². The summed E-state index contributed by atoms with van der Waals surface area (Å²) in [6, 6.07) is 4.81. The second-order valence-corrected chi connectivity index (χ2v) is 6.48. The Morgan fingerprint density at radius 2 is 1.90 bits per heavy atom. The van der Waals surface area contributed by atoms with E-state index in [0.29, 0.717) is 29.3 Å². The normalized spacial score (nSPS) is 18.0. The molecule has 114 valence electrons. The lowest BCUT2D eigenvalue weighted by atomic mass is 9.75. The molecule has 0 amide bonds. The molecule has 6 heteroatoms. The Hall–Kier alpha value is -1.43. The second-order valence-electron chi connectivity index (χ2n) is 5.68. The molecule has 1 aromatic carbocycles. The van der Waals surface area contributed by atoms with Crippen LogP contribution in [0.25, 0.3) is 0 Å². The number of nitro groups is 1. The lowest BCUT2D eigenvalue weighted by Gasteiger charge is -2.28. The van der Waals surface area contributed by atoms with Crippen molar-refractivity contribution in [3.8, 4) is 0 Å². The van der Waals surface area contributed by atoms with Crippen LogP contribution in [0.4, 0.5) is 5.69 Å². The van der Waals surface area contributed by atoms with Crippen molar-refractivity contribution in [2.24, 2.45) is 5.41 Å². The standard InChI is InChI=1S/C15H18BrNO4/c16-13-11(6-5-7-12(13)17(20)21)10-15(14(18)19)8-3-1-2-4-9-15/h5-7H,1-4,8-10H2,(H,18,19). The van der Waals surface area contributed by atoms with Gasteiger partial charge >= 0.3 is 5.97 Å². The molecule has 0 aliphatic heterocycles. The highest BCUT2D eigenvalue weighted by Crippen LogP contribution is 2.41. The molecule has 0 unspecified atom stereocenters. The largest absolute Gasteiger partial charge is 0.481 e. The van der Waals surface area contributed by atoms with E-state index in [4.69, 9.17) is 0 Å². The van der Waals surface area contributed by atoms with Gasteiger partial charge in [-0.1, -0.05) is 37.8 Å². The van der Waals surface area contributed by atoms with Crippen LogP contribution in [0.3, 0.4) is 0 Å². The average molecular weight is 356 g/mol. The van der Waals surface area contributed by atoms with E-state index >= 15 is 0 Å². The molecule has 0 radical (unpaired) electrons. The van der Waals surface area contributed by atoms with Crippen LogP contribution in [-0.2, 0) is 11.2 Å². The molecule has 1 fully saturated rings. The number of aliphatic carboxylic acids is 1. The Balaban J connectivity index is 2.35. The first-order chi connectivity index (χ1) is 9.96. The van der Waals surface area contributed by atoms with Crippen LogP contribution in [0.2, 0.25) is 0 Å². The fraction of sp³-hybridized carbons (Fsp3) is 0.533. The van der Waals surface area contributed by atoms with Crippen LogP contribution in [0.15, 0.2) is 22.7 Å². The maximum atomic E-state index is 11.8. The number of carbonyl (C=O) groups is 1. The number of hydrogen-bond acceptors (Lipinski definition) is 3. The predicted octanol–water partition coefficient (Wildman–Crippen LogP) is 4.33. The van der Waals surface area contributed by atoms with Crippen LogP contribution in [0.1, 0.15) is 44.1 Å². The molecule has 1 N–H and O–H groups in total. The van der Waals surface area contributed by atoms with E-state index in [1.54, 1.807) is 12.1 Å². The average Bonchev–Trinajstić information content (AvgIpc) is 2.67. The molecular formula is C15H18BrNO4. The summed E-state index contributed by atoms with van der Waals surface area (Å²) >= 11 is 3.27. The highest BCUT2D eigenvalue weighted by molar-refractivity contribution is 9.10. The van der Waals surface area contributed by atoms with Gasteiger partial charge in [0.15, 0.2) is 0 Å². The zero-order valence-electron chi connectivity index (χ0n) is 11.7. The Morgan fingerprint density at radius 1 is 1.29 bits per heavy atom. The van der Waals surface area contributed by atoms with Gasteiger partial charge in [0.1, 0.15) is 0 Å². The lowest BCUT2D eigenvalue weighted by Crippen LogP contribution is -2.33. The minimum Gasteiger partial charge on any atom is -0.481 e. The number of nitro benzene ring substituents is 1. The van der Waals surface area contributed by atoms with E-state index in [1.165, 1.54) is 6.07 Å². The summed E-state index contributed by atoms with van der Waals surface area (Å²) in [5.74, 6) is -0.789. The van der Waals surface area contributed by atoms with Gasteiger partial charge in [0, 0.05) is 6.07 Å². The zero-order valence-corrected chi connectivity index (χ0v) is 13.3. The molecule has 0 spiro atoms. The monoisotopic (exact) mass is 355 g/mol. The van der Waals surface area contributed by atoms with Gasteiger partial charge in [0.2, 0.25) is 0 Å². The van der Waals surface area contributed by atoms with Gasteiger partial charge in [-0.05, 0) is 40.8 Å². The van der Waals surface area contributed by atoms with Crippen molar-refractivity contribution in [2.45, 2.75) is 44.9 Å². The number of carboxylic acids is 1. The highest BCUT2D eigenvalue weighted by Gasteiger charge is 2.39. The van der Waals surface area contributed by atoms with Crippen LogP contribution in [-0.4, -0.2) is 16.0 Å². The minimum atomic E-state index is -0.797. The number of benzene rings is 1. The number of carboxylic acid groups (broad SMARTS) is 1. The summed E-state index contributed by atoms with van der Waals surface area (Å²) in [5, 5.41) is 20.7. The first-order valence-electron chi connectivity index (χ1n) is 7.11. The summed E-state index contributed by atoms with van der Waals surface area (Å²) in [6.45, 7) is 0. The van der Waals surface area contributed by atoms with Crippen molar-refractivity contribution in [1.82, 2.24) is 0 Å². The van der Waals surface area contributed by atoms with Gasteiger partial charge in [0.25, 0.3) is 5.69 Å².